The van der Waals surface area contributed by atoms with Crippen LogP contribution in [0.15, 0.2) is 0 Å². The molecule has 1 atom stereocenters. The monoisotopic (exact) mass is 226 g/mol. The summed E-state index contributed by atoms with van der Waals surface area (Å²) < 4.78 is 0. The van der Waals surface area contributed by atoms with Crippen LogP contribution in [0.25, 0.3) is 0 Å². The summed E-state index contributed by atoms with van der Waals surface area (Å²) in [6, 6.07) is -0.177. The number of hydrogen-bond acceptors (Lipinski definition) is 2. The Kier molecular flexibility index (Phi) is 15.9. The zero-order chi connectivity index (χ0) is 8.69. The van der Waals surface area contributed by atoms with Crippen molar-refractivity contribution in [3.63, 3.8) is 0 Å². The van der Waals surface area contributed by atoms with Crippen LogP contribution in [0.4, 0.5) is 0 Å². The van der Waals surface area contributed by atoms with Crippen LogP contribution in [0.5, 0.6) is 0 Å². The van der Waals surface area contributed by atoms with E-state index in [1.54, 1.807) is 0 Å². The molecule has 0 aliphatic heterocycles. The summed E-state index contributed by atoms with van der Waals surface area (Å²) in [6.45, 7) is 0.657. The average Bonchev–Trinajstić information content (AvgIpc) is 1.97. The van der Waals surface area contributed by atoms with E-state index in [2.05, 4.69) is 11.2 Å². The van der Waals surface area contributed by atoms with Gasteiger partial charge in [-0.1, -0.05) is 5.92 Å². The van der Waals surface area contributed by atoms with Crippen molar-refractivity contribution >= 4 is 30.8 Å². The quantitative estimate of drug-likeness (QED) is 0.237. The molecule has 0 aromatic rings. The first-order valence-electron chi connectivity index (χ1n) is 3.46. The number of halogens is 2. The van der Waals surface area contributed by atoms with E-state index in [0.29, 0.717) is 6.54 Å². The van der Waals surface area contributed by atoms with Crippen molar-refractivity contribution in [3.05, 3.63) is 0 Å². The molecule has 4 nitrogen and oxygen atoms in total. The molecule has 6 N–H and O–H groups in total. The number of nitrogens with two attached hydrogens (primary N) is 2. The molecule has 0 aliphatic carbocycles. The van der Waals surface area contributed by atoms with Crippen LogP contribution in [-0.2, 0) is 0 Å². The van der Waals surface area contributed by atoms with Crippen LogP contribution in [0.3, 0.4) is 0 Å². The highest BCUT2D eigenvalue weighted by molar-refractivity contribution is 5.85. The first kappa shape index (κ1) is 18.2. The van der Waals surface area contributed by atoms with Gasteiger partial charge in [0.15, 0.2) is 5.96 Å². The Balaban J connectivity index is -0.000000500. The Morgan fingerprint density at radius 1 is 1.54 bits per heavy atom. The molecule has 0 heterocycles. The molecule has 0 saturated carbocycles. The van der Waals surface area contributed by atoms with Crippen LogP contribution in [-0.4, -0.2) is 18.5 Å². The maximum absolute atomic E-state index is 6.82. The molecule has 0 spiro atoms. The second-order valence-electron chi connectivity index (χ2n) is 2.26. The fourth-order valence-electron chi connectivity index (χ4n) is 0.628. The lowest BCUT2D eigenvalue weighted by Gasteiger charge is -2.04. The average molecular weight is 227 g/mol. The summed E-state index contributed by atoms with van der Waals surface area (Å²) in [5.41, 5.74) is 10.5. The minimum atomic E-state index is -0.177. The Bertz CT molecular complexity index is 166. The van der Waals surface area contributed by atoms with Crippen molar-refractivity contribution in [2.75, 3.05) is 6.54 Å². The van der Waals surface area contributed by atoms with E-state index in [9.17, 15) is 0 Å². The molecule has 6 heteroatoms. The molecule has 0 radical (unpaired) electrons. The highest BCUT2D eigenvalue weighted by Gasteiger charge is 1.95. The van der Waals surface area contributed by atoms with E-state index in [-0.39, 0.29) is 36.8 Å². The largest absolute Gasteiger partial charge is 0.370 e. The first-order chi connectivity index (χ1) is 5.16. The molecule has 0 rings (SSSR count). The Hall–Kier alpha value is -0.630. The van der Waals surface area contributed by atoms with Gasteiger partial charge in [-0.05, 0) is 12.8 Å². The van der Waals surface area contributed by atoms with Crippen molar-refractivity contribution in [3.8, 4) is 12.3 Å². The second kappa shape index (κ2) is 11.4. The lowest BCUT2D eigenvalue weighted by Crippen LogP contribution is -2.31. The zero-order valence-corrected chi connectivity index (χ0v) is 8.88. The lowest BCUT2D eigenvalue weighted by molar-refractivity contribution is 0.662. The normalized spacial score (nSPS) is 9.85. The lowest BCUT2D eigenvalue weighted by atomic mass is 10.2. The van der Waals surface area contributed by atoms with Gasteiger partial charge in [-0.15, -0.1) is 31.2 Å². The summed E-state index contributed by atoms with van der Waals surface area (Å²) >= 11 is 0. The molecule has 13 heavy (non-hydrogen) atoms. The summed E-state index contributed by atoms with van der Waals surface area (Å²) in [6.07, 6.45) is 6.65. The van der Waals surface area contributed by atoms with E-state index in [1.807, 2.05) is 0 Å². The van der Waals surface area contributed by atoms with Gasteiger partial charge in [0.2, 0.25) is 0 Å². The van der Waals surface area contributed by atoms with Gasteiger partial charge in [-0.2, -0.15) is 0 Å². The van der Waals surface area contributed by atoms with Crippen LogP contribution < -0.4 is 16.8 Å². The van der Waals surface area contributed by atoms with Gasteiger partial charge in [0.25, 0.3) is 0 Å². The maximum atomic E-state index is 6.82. The van der Waals surface area contributed by atoms with Crippen LogP contribution in [0.2, 0.25) is 0 Å². The molecule has 0 aromatic carbocycles. The van der Waals surface area contributed by atoms with Gasteiger partial charge < -0.3 is 16.8 Å². The summed E-state index contributed by atoms with van der Waals surface area (Å²) in [4.78, 5) is 0. The number of terminal acetylenes is 1. The highest BCUT2D eigenvalue weighted by Crippen LogP contribution is 1.90. The third-order valence-corrected chi connectivity index (χ3v) is 1.22. The third kappa shape index (κ3) is 14.2. The Morgan fingerprint density at radius 3 is 2.46 bits per heavy atom. The summed E-state index contributed by atoms with van der Waals surface area (Å²) in [5, 5.41) is 9.48. The maximum Gasteiger partial charge on any atom is 0.185 e. The predicted molar refractivity (Wildman–Crippen MR) is 60.5 cm³/mol. The number of rotatable bonds is 4. The molecule has 0 amide bonds. The Labute approximate surface area is 91.1 Å². The van der Waals surface area contributed by atoms with Crippen molar-refractivity contribution in [1.29, 1.82) is 5.41 Å². The standard InChI is InChI=1S/C7H14N4.2ClH/c1-2-6(8)4-3-5-11-7(9)10;;/h1,6H,3-5,8H2,(H4,9,10,11);2*1H. The molecule has 0 saturated heterocycles. The van der Waals surface area contributed by atoms with E-state index < -0.39 is 0 Å². The predicted octanol–water partition coefficient (Wildman–Crippen LogP) is 0.0538. The number of hydrogen-bond donors (Lipinski definition) is 4. The summed E-state index contributed by atoms with van der Waals surface area (Å²) in [7, 11) is 0. The molecular formula is C7H16Cl2N4. The van der Waals surface area contributed by atoms with E-state index in [0.717, 1.165) is 12.8 Å². The minimum Gasteiger partial charge on any atom is -0.370 e. The van der Waals surface area contributed by atoms with Gasteiger partial charge in [-0.3, -0.25) is 5.41 Å². The minimum absolute atomic E-state index is 0. The summed E-state index contributed by atoms with van der Waals surface area (Å²) in [5.74, 6) is 2.40. The SMILES string of the molecule is C#CC(N)CCCNC(=N)N.Cl.Cl. The molecule has 1 unspecified atom stereocenters. The van der Waals surface area contributed by atoms with Gasteiger partial charge in [-0.25, -0.2) is 0 Å². The van der Waals surface area contributed by atoms with Crippen molar-refractivity contribution in [2.24, 2.45) is 11.5 Å². The molecule has 0 aromatic heterocycles. The number of guanidine groups is 1. The third-order valence-electron chi connectivity index (χ3n) is 1.22. The molecular weight excluding hydrogens is 211 g/mol. The topological polar surface area (TPSA) is 87.9 Å². The van der Waals surface area contributed by atoms with Gasteiger partial charge >= 0.3 is 0 Å². The van der Waals surface area contributed by atoms with E-state index in [4.69, 9.17) is 23.3 Å². The fourth-order valence-corrected chi connectivity index (χ4v) is 0.628. The van der Waals surface area contributed by atoms with Gasteiger partial charge in [0.1, 0.15) is 0 Å². The highest BCUT2D eigenvalue weighted by atomic mass is 35.5. The molecule has 0 fully saturated rings. The second-order valence-corrected chi connectivity index (χ2v) is 2.26. The van der Waals surface area contributed by atoms with Crippen molar-refractivity contribution < 1.29 is 0 Å². The van der Waals surface area contributed by atoms with Crippen molar-refractivity contribution in [1.82, 2.24) is 5.32 Å². The molecule has 78 valence electrons. The number of nitrogens with one attached hydrogen (secondary N) is 2. The van der Waals surface area contributed by atoms with Crippen molar-refractivity contribution in [2.45, 2.75) is 18.9 Å². The van der Waals surface area contributed by atoms with E-state index >= 15 is 0 Å². The van der Waals surface area contributed by atoms with E-state index in [1.165, 1.54) is 0 Å². The Morgan fingerprint density at radius 2 is 2.08 bits per heavy atom. The van der Waals surface area contributed by atoms with Crippen LogP contribution in [0, 0.1) is 17.8 Å². The van der Waals surface area contributed by atoms with Crippen LogP contribution >= 0.6 is 24.8 Å². The van der Waals surface area contributed by atoms with Crippen LogP contribution in [0.1, 0.15) is 12.8 Å². The fraction of sp³-hybridized carbons (Fsp3) is 0.571. The molecule has 0 bridgehead atoms. The zero-order valence-electron chi connectivity index (χ0n) is 7.25. The van der Waals surface area contributed by atoms with Gasteiger partial charge in [0.05, 0.1) is 6.04 Å². The molecule has 0 aliphatic rings. The first-order valence-corrected chi connectivity index (χ1v) is 3.46. The smallest absolute Gasteiger partial charge is 0.185 e. The van der Waals surface area contributed by atoms with Gasteiger partial charge in [0, 0.05) is 6.54 Å².